The number of sulfone groups is 1. The zero-order valence-corrected chi connectivity index (χ0v) is 11.0. The fraction of sp³-hybridized carbons (Fsp3) is 0.900. The maximum atomic E-state index is 11.2. The number of carboxylic acids is 1. The van der Waals surface area contributed by atoms with Crippen LogP contribution in [0.1, 0.15) is 20.3 Å². The first-order valence-electron chi connectivity index (χ1n) is 5.40. The average Bonchev–Trinajstić information content (AvgIpc) is 2.17. The van der Waals surface area contributed by atoms with Crippen molar-refractivity contribution < 1.29 is 18.3 Å². The third-order valence-electron chi connectivity index (χ3n) is 2.44. The number of hydrogen-bond acceptors (Lipinski definition) is 4. The van der Waals surface area contributed by atoms with Crippen LogP contribution in [0.15, 0.2) is 0 Å². The molecule has 0 heterocycles. The minimum atomic E-state index is -2.90. The van der Waals surface area contributed by atoms with Gasteiger partial charge in [-0.2, -0.15) is 0 Å². The molecule has 1 unspecified atom stereocenters. The molecule has 6 heteroatoms. The Kier molecular flexibility index (Phi) is 6.59. The van der Waals surface area contributed by atoms with Crippen molar-refractivity contribution in [3.63, 3.8) is 0 Å². The number of carboxylic acid groups (broad SMARTS) is 1. The number of aliphatic carboxylic acids is 1. The van der Waals surface area contributed by atoms with Crippen LogP contribution in [0.5, 0.6) is 0 Å². The highest BCUT2D eigenvalue weighted by Crippen LogP contribution is 2.00. The molecule has 0 aromatic carbocycles. The zero-order chi connectivity index (χ0) is 12.8. The van der Waals surface area contributed by atoms with Gasteiger partial charge in [-0.05, 0) is 20.0 Å². The van der Waals surface area contributed by atoms with Crippen molar-refractivity contribution in [2.24, 2.45) is 5.92 Å². The van der Waals surface area contributed by atoms with E-state index in [0.717, 1.165) is 0 Å². The van der Waals surface area contributed by atoms with Crippen LogP contribution in [-0.4, -0.2) is 56.0 Å². The molecule has 1 atom stereocenters. The van der Waals surface area contributed by atoms with Crippen LogP contribution in [0.3, 0.4) is 0 Å². The summed E-state index contributed by atoms with van der Waals surface area (Å²) in [7, 11) is -1.10. The second kappa shape index (κ2) is 6.85. The molecule has 0 aliphatic carbocycles. The topological polar surface area (TPSA) is 74.7 Å². The van der Waals surface area contributed by atoms with Gasteiger partial charge in [0.2, 0.25) is 0 Å². The van der Waals surface area contributed by atoms with Crippen LogP contribution in [0.2, 0.25) is 0 Å². The van der Waals surface area contributed by atoms with Gasteiger partial charge in [0, 0.05) is 12.3 Å². The molecular weight excluding hydrogens is 230 g/mol. The number of carbonyl (C=O) groups is 1. The van der Waals surface area contributed by atoms with Crippen LogP contribution in [-0.2, 0) is 14.6 Å². The van der Waals surface area contributed by atoms with Crippen molar-refractivity contribution in [3.8, 4) is 0 Å². The Morgan fingerprint density at radius 2 is 2.00 bits per heavy atom. The second-order valence-electron chi connectivity index (χ2n) is 4.09. The third kappa shape index (κ3) is 6.79. The highest BCUT2D eigenvalue weighted by atomic mass is 32.2. The van der Waals surface area contributed by atoms with Gasteiger partial charge in [0.15, 0.2) is 0 Å². The molecule has 5 nitrogen and oxygen atoms in total. The van der Waals surface area contributed by atoms with Gasteiger partial charge >= 0.3 is 5.97 Å². The summed E-state index contributed by atoms with van der Waals surface area (Å²) in [5, 5.41) is 8.70. The van der Waals surface area contributed by atoms with Crippen LogP contribution in [0.25, 0.3) is 0 Å². The maximum Gasteiger partial charge on any atom is 0.307 e. The SMILES string of the molecule is CCS(=O)(=O)CCCN(C)CC(C)C(=O)O. The van der Waals surface area contributed by atoms with Crippen LogP contribution >= 0.6 is 0 Å². The largest absolute Gasteiger partial charge is 0.481 e. The Morgan fingerprint density at radius 1 is 1.44 bits per heavy atom. The lowest BCUT2D eigenvalue weighted by Crippen LogP contribution is -2.30. The lowest BCUT2D eigenvalue weighted by molar-refractivity contribution is -0.141. The summed E-state index contributed by atoms with van der Waals surface area (Å²) < 4.78 is 22.4. The summed E-state index contributed by atoms with van der Waals surface area (Å²) in [6.07, 6.45) is 0.555. The molecule has 0 aliphatic heterocycles. The third-order valence-corrected chi connectivity index (χ3v) is 4.23. The molecule has 0 bridgehead atoms. The fourth-order valence-electron chi connectivity index (χ4n) is 1.34. The smallest absolute Gasteiger partial charge is 0.307 e. The van der Waals surface area contributed by atoms with Crippen molar-refractivity contribution in [1.29, 1.82) is 0 Å². The Balaban J connectivity index is 3.83. The lowest BCUT2D eigenvalue weighted by Gasteiger charge is -2.18. The maximum absolute atomic E-state index is 11.2. The van der Waals surface area contributed by atoms with E-state index in [1.54, 1.807) is 20.9 Å². The average molecular weight is 251 g/mol. The van der Waals surface area contributed by atoms with Crippen molar-refractivity contribution >= 4 is 15.8 Å². The summed E-state index contributed by atoms with van der Waals surface area (Å²) >= 11 is 0. The molecular formula is C10H21NO4S. The molecule has 1 N–H and O–H groups in total. The first-order valence-corrected chi connectivity index (χ1v) is 7.22. The Hall–Kier alpha value is -0.620. The normalized spacial score (nSPS) is 14.0. The molecule has 0 fully saturated rings. The minimum absolute atomic E-state index is 0.169. The van der Waals surface area contributed by atoms with Crippen molar-refractivity contribution in [3.05, 3.63) is 0 Å². The molecule has 0 saturated heterocycles. The number of rotatable bonds is 8. The molecule has 0 saturated carbocycles. The molecule has 0 aromatic heterocycles. The predicted molar refractivity (Wildman–Crippen MR) is 63.2 cm³/mol. The quantitative estimate of drug-likeness (QED) is 0.678. The number of hydrogen-bond donors (Lipinski definition) is 1. The molecule has 96 valence electrons. The van der Waals surface area contributed by atoms with E-state index in [1.165, 1.54) is 0 Å². The van der Waals surface area contributed by atoms with E-state index in [2.05, 4.69) is 0 Å². The van der Waals surface area contributed by atoms with E-state index in [9.17, 15) is 13.2 Å². The molecule has 0 aliphatic rings. The molecule has 0 radical (unpaired) electrons. The second-order valence-corrected chi connectivity index (χ2v) is 6.56. The van der Waals surface area contributed by atoms with Gasteiger partial charge in [-0.15, -0.1) is 0 Å². The first-order chi connectivity index (χ1) is 7.28. The van der Waals surface area contributed by atoms with E-state index in [1.807, 2.05) is 4.90 Å². The summed E-state index contributed by atoms with van der Waals surface area (Å²) in [5.74, 6) is -0.904. The van der Waals surface area contributed by atoms with E-state index in [4.69, 9.17) is 5.11 Å². The minimum Gasteiger partial charge on any atom is -0.481 e. The molecule has 0 aromatic rings. The van der Waals surface area contributed by atoms with E-state index in [-0.39, 0.29) is 11.5 Å². The summed E-state index contributed by atoms with van der Waals surface area (Å²) in [4.78, 5) is 12.4. The molecule has 0 rings (SSSR count). The van der Waals surface area contributed by atoms with Crippen molar-refractivity contribution in [2.75, 3.05) is 31.6 Å². The summed E-state index contributed by atoms with van der Waals surface area (Å²) in [6, 6.07) is 0. The van der Waals surface area contributed by atoms with Gasteiger partial charge in [-0.3, -0.25) is 4.79 Å². The van der Waals surface area contributed by atoms with E-state index in [0.29, 0.717) is 19.5 Å². The van der Waals surface area contributed by atoms with E-state index < -0.39 is 21.7 Å². The zero-order valence-electron chi connectivity index (χ0n) is 10.1. The Labute approximate surface area is 97.4 Å². The standard InChI is InChI=1S/C10H21NO4S/c1-4-16(14,15)7-5-6-11(3)8-9(2)10(12)13/h9H,4-8H2,1-3H3,(H,12,13). The first kappa shape index (κ1) is 15.4. The van der Waals surface area contributed by atoms with Gasteiger partial charge in [0.1, 0.15) is 9.84 Å². The van der Waals surface area contributed by atoms with Gasteiger partial charge < -0.3 is 10.0 Å². The van der Waals surface area contributed by atoms with Crippen LogP contribution < -0.4 is 0 Å². The van der Waals surface area contributed by atoms with Crippen LogP contribution in [0.4, 0.5) is 0 Å². The highest BCUT2D eigenvalue weighted by molar-refractivity contribution is 7.91. The highest BCUT2D eigenvalue weighted by Gasteiger charge is 2.14. The molecule has 0 amide bonds. The molecule has 0 spiro atoms. The summed E-state index contributed by atoms with van der Waals surface area (Å²) in [6.45, 7) is 4.32. The van der Waals surface area contributed by atoms with Crippen LogP contribution in [0, 0.1) is 5.92 Å². The Bertz CT molecular complexity index is 313. The van der Waals surface area contributed by atoms with Gasteiger partial charge in [0.05, 0.1) is 11.7 Å². The van der Waals surface area contributed by atoms with Gasteiger partial charge in [0.25, 0.3) is 0 Å². The summed E-state index contributed by atoms with van der Waals surface area (Å²) in [5.41, 5.74) is 0. The van der Waals surface area contributed by atoms with Crippen molar-refractivity contribution in [1.82, 2.24) is 4.90 Å². The van der Waals surface area contributed by atoms with E-state index >= 15 is 0 Å². The number of nitrogens with zero attached hydrogens (tertiary/aromatic N) is 1. The lowest BCUT2D eigenvalue weighted by atomic mass is 10.2. The van der Waals surface area contributed by atoms with Crippen molar-refractivity contribution in [2.45, 2.75) is 20.3 Å². The predicted octanol–water partition coefficient (Wildman–Crippen LogP) is 0.464. The molecule has 16 heavy (non-hydrogen) atoms. The van der Waals surface area contributed by atoms with Gasteiger partial charge in [-0.25, -0.2) is 8.42 Å². The van der Waals surface area contributed by atoms with Gasteiger partial charge in [-0.1, -0.05) is 13.8 Å². The monoisotopic (exact) mass is 251 g/mol. The Morgan fingerprint density at radius 3 is 2.44 bits per heavy atom. The fourth-order valence-corrected chi connectivity index (χ4v) is 2.19.